The maximum atomic E-state index is 12.5. The van der Waals surface area contributed by atoms with Gasteiger partial charge in [-0.15, -0.1) is 0 Å². The van der Waals surface area contributed by atoms with Gasteiger partial charge in [-0.25, -0.2) is 0 Å². The summed E-state index contributed by atoms with van der Waals surface area (Å²) in [5, 5.41) is 9.94. The van der Waals surface area contributed by atoms with Gasteiger partial charge in [-0.1, -0.05) is 31.5 Å². The molecule has 0 saturated heterocycles. The number of hydrogen-bond donors (Lipinski definition) is 1. The molecule has 1 aliphatic carbocycles. The minimum atomic E-state index is -0.0341. The zero-order valence-corrected chi connectivity index (χ0v) is 14.5. The van der Waals surface area contributed by atoms with Gasteiger partial charge < -0.3 is 14.6 Å². The number of phenols is 1. The van der Waals surface area contributed by atoms with Crippen molar-refractivity contribution in [2.24, 2.45) is 0 Å². The Labute approximate surface area is 147 Å². The third kappa shape index (κ3) is 3.53. The Morgan fingerprint density at radius 3 is 2.76 bits per heavy atom. The molecule has 2 aromatic rings. The average Bonchev–Trinajstić information content (AvgIpc) is 2.94. The number of unbranched alkanes of at least 4 members (excludes halogenated alkanes) is 1. The van der Waals surface area contributed by atoms with Crippen molar-refractivity contribution < 1.29 is 19.4 Å². The Kier molecular flexibility index (Phi) is 5.08. The number of phenolic OH excluding ortho intramolecular Hbond substituents is 1. The van der Waals surface area contributed by atoms with Crippen molar-refractivity contribution >= 4 is 11.9 Å². The van der Waals surface area contributed by atoms with Crippen LogP contribution in [0.15, 0.2) is 42.0 Å². The number of fused-ring (bicyclic) bond motifs is 1. The monoisotopic (exact) mass is 338 g/mol. The van der Waals surface area contributed by atoms with Gasteiger partial charge in [0, 0.05) is 23.1 Å². The second-order valence-corrected chi connectivity index (χ2v) is 6.09. The molecule has 3 rings (SSSR count). The van der Waals surface area contributed by atoms with Gasteiger partial charge in [0.05, 0.1) is 13.7 Å². The van der Waals surface area contributed by atoms with Crippen molar-refractivity contribution in [3.05, 3.63) is 58.7 Å². The molecule has 1 N–H and O–H groups in total. The van der Waals surface area contributed by atoms with Gasteiger partial charge >= 0.3 is 0 Å². The zero-order valence-electron chi connectivity index (χ0n) is 14.5. The van der Waals surface area contributed by atoms with E-state index in [1.54, 1.807) is 25.3 Å². The van der Waals surface area contributed by atoms with Crippen molar-refractivity contribution in [2.45, 2.75) is 26.2 Å². The summed E-state index contributed by atoms with van der Waals surface area (Å²) >= 11 is 0. The highest BCUT2D eigenvalue weighted by molar-refractivity contribution is 6.16. The van der Waals surface area contributed by atoms with Crippen molar-refractivity contribution in [3.63, 3.8) is 0 Å². The zero-order chi connectivity index (χ0) is 17.8. The molecule has 0 heterocycles. The Balaban J connectivity index is 1.85. The minimum absolute atomic E-state index is 0.0341. The van der Waals surface area contributed by atoms with Crippen LogP contribution in [0, 0.1) is 0 Å². The SMILES string of the molecule is CCCCOc1ccc(/C=C2\Cc3c(O)cccc3C2=O)cc1OC. The van der Waals surface area contributed by atoms with E-state index >= 15 is 0 Å². The molecule has 4 nitrogen and oxygen atoms in total. The quantitative estimate of drug-likeness (QED) is 0.626. The smallest absolute Gasteiger partial charge is 0.189 e. The maximum absolute atomic E-state index is 12.5. The van der Waals surface area contributed by atoms with Gasteiger partial charge in [0.15, 0.2) is 17.3 Å². The lowest BCUT2D eigenvalue weighted by molar-refractivity contribution is 0.104. The third-order valence-electron chi connectivity index (χ3n) is 4.34. The Morgan fingerprint density at radius 1 is 1.20 bits per heavy atom. The number of methoxy groups -OCH3 is 1. The minimum Gasteiger partial charge on any atom is -0.508 e. The maximum Gasteiger partial charge on any atom is 0.189 e. The molecule has 130 valence electrons. The number of rotatable bonds is 6. The number of ether oxygens (including phenoxy) is 2. The van der Waals surface area contributed by atoms with E-state index in [0.29, 0.717) is 41.2 Å². The van der Waals surface area contributed by atoms with E-state index in [2.05, 4.69) is 6.92 Å². The van der Waals surface area contributed by atoms with E-state index in [-0.39, 0.29) is 11.5 Å². The van der Waals surface area contributed by atoms with Crippen LogP contribution in [0.1, 0.15) is 41.3 Å². The van der Waals surface area contributed by atoms with E-state index in [9.17, 15) is 9.90 Å². The Morgan fingerprint density at radius 2 is 2.04 bits per heavy atom. The van der Waals surface area contributed by atoms with Gasteiger partial charge in [-0.2, -0.15) is 0 Å². The van der Waals surface area contributed by atoms with E-state index in [4.69, 9.17) is 9.47 Å². The molecule has 25 heavy (non-hydrogen) atoms. The molecule has 4 heteroatoms. The van der Waals surface area contributed by atoms with Crippen LogP contribution >= 0.6 is 0 Å². The first-order valence-electron chi connectivity index (χ1n) is 8.51. The van der Waals surface area contributed by atoms with Crippen LogP contribution in [-0.2, 0) is 6.42 Å². The molecular formula is C21H22O4. The molecule has 0 saturated carbocycles. The lowest BCUT2D eigenvalue weighted by Gasteiger charge is -2.11. The molecule has 0 spiro atoms. The molecular weight excluding hydrogens is 316 g/mol. The molecule has 0 bridgehead atoms. The predicted octanol–water partition coefficient (Wildman–Crippen LogP) is 4.40. The molecule has 0 atom stereocenters. The van der Waals surface area contributed by atoms with Crippen LogP contribution in [0.5, 0.6) is 17.2 Å². The van der Waals surface area contributed by atoms with Crippen LogP contribution in [0.4, 0.5) is 0 Å². The van der Waals surface area contributed by atoms with Gasteiger partial charge in [0.2, 0.25) is 0 Å². The highest BCUT2D eigenvalue weighted by atomic mass is 16.5. The van der Waals surface area contributed by atoms with Gasteiger partial charge in [0.25, 0.3) is 0 Å². The second kappa shape index (κ2) is 7.43. The molecule has 0 fully saturated rings. The Bertz CT molecular complexity index is 821. The van der Waals surface area contributed by atoms with Gasteiger partial charge in [0.1, 0.15) is 5.75 Å². The fourth-order valence-corrected chi connectivity index (χ4v) is 2.95. The van der Waals surface area contributed by atoms with Crippen LogP contribution in [0.25, 0.3) is 6.08 Å². The van der Waals surface area contributed by atoms with Crippen LogP contribution in [0.3, 0.4) is 0 Å². The van der Waals surface area contributed by atoms with Crippen molar-refractivity contribution in [2.75, 3.05) is 13.7 Å². The highest BCUT2D eigenvalue weighted by Gasteiger charge is 2.26. The second-order valence-electron chi connectivity index (χ2n) is 6.09. The molecule has 2 aromatic carbocycles. The Hall–Kier alpha value is -2.75. The number of aromatic hydroxyl groups is 1. The standard InChI is InChI=1S/C21H22O4/c1-3-4-10-25-19-9-8-14(12-20(19)24-2)11-15-13-17-16(21(15)23)6-5-7-18(17)22/h5-9,11-12,22H,3-4,10,13H2,1-2H3/b15-11+. The van der Waals surface area contributed by atoms with Crippen LogP contribution < -0.4 is 9.47 Å². The highest BCUT2D eigenvalue weighted by Crippen LogP contribution is 2.35. The molecule has 0 aromatic heterocycles. The van der Waals surface area contributed by atoms with Crippen molar-refractivity contribution in [1.29, 1.82) is 0 Å². The lowest BCUT2D eigenvalue weighted by atomic mass is 10.1. The molecule has 0 aliphatic heterocycles. The summed E-state index contributed by atoms with van der Waals surface area (Å²) in [6.07, 6.45) is 4.35. The number of allylic oxidation sites excluding steroid dienone is 1. The topological polar surface area (TPSA) is 55.8 Å². The number of carbonyl (C=O) groups excluding carboxylic acids is 1. The summed E-state index contributed by atoms with van der Waals surface area (Å²) in [5.74, 6) is 1.49. The fraction of sp³-hybridized carbons (Fsp3) is 0.286. The first-order chi connectivity index (χ1) is 12.1. The van der Waals surface area contributed by atoms with E-state index < -0.39 is 0 Å². The summed E-state index contributed by atoms with van der Waals surface area (Å²) in [5.41, 5.74) is 2.82. The number of ketones is 1. The fourth-order valence-electron chi connectivity index (χ4n) is 2.95. The lowest BCUT2D eigenvalue weighted by Crippen LogP contribution is -1.99. The first kappa shape index (κ1) is 17.1. The summed E-state index contributed by atoms with van der Waals surface area (Å²) < 4.78 is 11.1. The molecule has 1 aliphatic rings. The number of benzene rings is 2. The largest absolute Gasteiger partial charge is 0.508 e. The van der Waals surface area contributed by atoms with E-state index in [0.717, 1.165) is 18.4 Å². The molecule has 0 unspecified atom stereocenters. The molecule has 0 amide bonds. The van der Waals surface area contributed by atoms with Crippen molar-refractivity contribution in [1.82, 2.24) is 0 Å². The summed E-state index contributed by atoms with van der Waals surface area (Å²) in [7, 11) is 1.60. The third-order valence-corrected chi connectivity index (χ3v) is 4.34. The van der Waals surface area contributed by atoms with Gasteiger partial charge in [-0.3, -0.25) is 4.79 Å². The predicted molar refractivity (Wildman–Crippen MR) is 97.5 cm³/mol. The normalized spacial score (nSPS) is 14.6. The van der Waals surface area contributed by atoms with Crippen LogP contribution in [-0.4, -0.2) is 24.6 Å². The van der Waals surface area contributed by atoms with Gasteiger partial charge in [-0.05, 0) is 36.3 Å². The van der Waals surface area contributed by atoms with E-state index in [1.807, 2.05) is 24.3 Å². The van der Waals surface area contributed by atoms with Crippen molar-refractivity contribution in [3.8, 4) is 17.2 Å². The van der Waals surface area contributed by atoms with Crippen LogP contribution in [0.2, 0.25) is 0 Å². The molecule has 0 radical (unpaired) electrons. The average molecular weight is 338 g/mol. The number of Topliss-reactive ketones (excluding diaryl/α,β-unsaturated/α-hetero) is 1. The number of carbonyl (C=O) groups is 1. The van der Waals surface area contributed by atoms with E-state index in [1.165, 1.54) is 0 Å². The number of hydrogen-bond acceptors (Lipinski definition) is 4. The summed E-state index contributed by atoms with van der Waals surface area (Å²) in [6, 6.07) is 10.7. The first-order valence-corrected chi connectivity index (χ1v) is 8.51. The summed E-state index contributed by atoms with van der Waals surface area (Å²) in [4.78, 5) is 12.5. The summed E-state index contributed by atoms with van der Waals surface area (Å²) in [6.45, 7) is 2.77.